The molecule has 1 atom stereocenters. The first-order valence-corrected chi connectivity index (χ1v) is 6.98. The first-order valence-electron chi connectivity index (χ1n) is 6.98. The Morgan fingerprint density at radius 3 is 3.20 bits per heavy atom. The third kappa shape index (κ3) is 3.91. The second kappa shape index (κ2) is 7.21. The van der Waals surface area contributed by atoms with Crippen LogP contribution in [0.3, 0.4) is 0 Å². The Morgan fingerprint density at radius 1 is 1.65 bits per heavy atom. The molecule has 1 aromatic rings. The molecule has 1 saturated heterocycles. The highest BCUT2D eigenvalue weighted by Crippen LogP contribution is 2.14. The minimum absolute atomic E-state index is 0.140. The van der Waals surface area contributed by atoms with Crippen molar-refractivity contribution in [3.63, 3.8) is 0 Å². The Balaban J connectivity index is 2.00. The van der Waals surface area contributed by atoms with Gasteiger partial charge in [0.15, 0.2) is 0 Å². The van der Waals surface area contributed by atoms with Crippen LogP contribution in [0.4, 0.5) is 5.69 Å². The van der Waals surface area contributed by atoms with Gasteiger partial charge in [0.25, 0.3) is 5.91 Å². The van der Waals surface area contributed by atoms with Gasteiger partial charge in [-0.3, -0.25) is 9.78 Å². The van der Waals surface area contributed by atoms with Gasteiger partial charge in [-0.25, -0.2) is 0 Å². The number of anilines is 1. The summed E-state index contributed by atoms with van der Waals surface area (Å²) in [4.78, 5) is 18.0. The second-order valence-electron chi connectivity index (χ2n) is 4.84. The number of pyridine rings is 1. The van der Waals surface area contributed by atoms with Crippen LogP contribution in [0.2, 0.25) is 0 Å². The molecule has 2 N–H and O–H groups in total. The normalized spacial score (nSPS) is 18.6. The van der Waals surface area contributed by atoms with Gasteiger partial charge in [0.2, 0.25) is 0 Å². The lowest BCUT2D eigenvalue weighted by Crippen LogP contribution is -2.44. The molecular weight excluding hydrogens is 256 g/mol. The maximum absolute atomic E-state index is 11.8. The van der Waals surface area contributed by atoms with E-state index in [1.807, 2.05) is 20.0 Å². The molecule has 1 aromatic heterocycles. The number of hydrogen-bond acceptors (Lipinski definition) is 5. The molecule has 1 fully saturated rings. The van der Waals surface area contributed by atoms with Crippen molar-refractivity contribution in [1.82, 2.24) is 15.6 Å². The summed E-state index contributed by atoms with van der Waals surface area (Å²) in [5, 5.41) is 6.06. The predicted molar refractivity (Wildman–Crippen MR) is 78.1 cm³/mol. The summed E-state index contributed by atoms with van der Waals surface area (Å²) in [5.41, 5.74) is 1.41. The predicted octanol–water partition coefficient (Wildman–Crippen LogP) is 0.256. The second-order valence-corrected chi connectivity index (χ2v) is 4.84. The molecule has 2 rings (SSSR count). The largest absolute Gasteiger partial charge is 0.374 e. The zero-order chi connectivity index (χ0) is 14.4. The van der Waals surface area contributed by atoms with Gasteiger partial charge < -0.3 is 20.3 Å². The molecule has 0 aliphatic carbocycles. The van der Waals surface area contributed by atoms with Crippen LogP contribution in [0, 0.1) is 0 Å². The van der Waals surface area contributed by atoms with Crippen LogP contribution in [0.5, 0.6) is 0 Å². The summed E-state index contributed by atoms with van der Waals surface area (Å²) in [6.07, 6.45) is 1.84. The number of likely N-dealkylation sites (N-methyl/N-ethyl adjacent to an activating group) is 1. The fourth-order valence-corrected chi connectivity index (χ4v) is 2.18. The molecule has 1 unspecified atom stereocenters. The number of carbonyl (C=O) groups is 1. The van der Waals surface area contributed by atoms with Gasteiger partial charge in [-0.15, -0.1) is 0 Å². The molecule has 1 aliphatic heterocycles. The van der Waals surface area contributed by atoms with Gasteiger partial charge in [0.05, 0.1) is 12.7 Å². The Labute approximate surface area is 119 Å². The topological polar surface area (TPSA) is 66.5 Å². The van der Waals surface area contributed by atoms with Gasteiger partial charge in [0.1, 0.15) is 5.69 Å². The highest BCUT2D eigenvalue weighted by molar-refractivity contribution is 5.93. The van der Waals surface area contributed by atoms with E-state index in [9.17, 15) is 4.79 Å². The number of rotatable bonds is 5. The molecule has 6 heteroatoms. The smallest absolute Gasteiger partial charge is 0.269 e. The molecule has 0 radical (unpaired) electrons. The summed E-state index contributed by atoms with van der Waals surface area (Å²) in [6.45, 7) is 5.80. The highest BCUT2D eigenvalue weighted by atomic mass is 16.5. The van der Waals surface area contributed by atoms with Crippen molar-refractivity contribution in [3.05, 3.63) is 24.0 Å². The summed E-state index contributed by atoms with van der Waals surface area (Å²) in [6, 6.07) is 3.71. The minimum atomic E-state index is -0.140. The van der Waals surface area contributed by atoms with E-state index in [0.717, 1.165) is 31.9 Å². The van der Waals surface area contributed by atoms with Crippen LogP contribution in [-0.4, -0.2) is 56.8 Å². The van der Waals surface area contributed by atoms with E-state index in [2.05, 4.69) is 20.5 Å². The average Bonchev–Trinajstić information content (AvgIpc) is 2.48. The van der Waals surface area contributed by atoms with E-state index < -0.39 is 0 Å². The van der Waals surface area contributed by atoms with E-state index in [1.54, 1.807) is 12.3 Å². The lowest BCUT2D eigenvalue weighted by molar-refractivity contribution is 0.0340. The standard InChI is InChI=1S/C14H22N4O2/c1-3-16-14(19)13-8-11(4-5-17-13)18(2)10-12-9-15-6-7-20-12/h4-5,8,12,15H,3,6-7,9-10H2,1-2H3,(H,16,19). The van der Waals surface area contributed by atoms with Crippen molar-refractivity contribution in [1.29, 1.82) is 0 Å². The van der Waals surface area contributed by atoms with Crippen molar-refractivity contribution in [2.45, 2.75) is 13.0 Å². The molecule has 0 aromatic carbocycles. The molecule has 0 saturated carbocycles. The Hall–Kier alpha value is -1.66. The first kappa shape index (κ1) is 14.7. The maximum atomic E-state index is 11.8. The number of hydrogen-bond donors (Lipinski definition) is 2. The van der Waals surface area contributed by atoms with Gasteiger partial charge in [-0.2, -0.15) is 0 Å². The molecule has 6 nitrogen and oxygen atoms in total. The van der Waals surface area contributed by atoms with E-state index >= 15 is 0 Å². The van der Waals surface area contributed by atoms with E-state index in [-0.39, 0.29) is 12.0 Å². The number of morpholine rings is 1. The molecular formula is C14H22N4O2. The van der Waals surface area contributed by atoms with Crippen LogP contribution >= 0.6 is 0 Å². The number of aromatic nitrogens is 1. The number of nitrogens with zero attached hydrogens (tertiary/aromatic N) is 2. The quantitative estimate of drug-likeness (QED) is 0.808. The molecule has 1 amide bonds. The lowest BCUT2D eigenvalue weighted by Gasteiger charge is -2.29. The third-order valence-electron chi connectivity index (χ3n) is 3.24. The first-order chi connectivity index (χ1) is 9.70. The number of nitrogens with one attached hydrogen (secondary N) is 2. The van der Waals surface area contributed by atoms with Crippen molar-refractivity contribution < 1.29 is 9.53 Å². The highest BCUT2D eigenvalue weighted by Gasteiger charge is 2.16. The molecule has 2 heterocycles. The Kier molecular flexibility index (Phi) is 5.31. The SMILES string of the molecule is CCNC(=O)c1cc(N(C)CC2CNCCO2)ccn1. The van der Waals surface area contributed by atoms with Crippen LogP contribution in [0.15, 0.2) is 18.3 Å². The summed E-state index contributed by atoms with van der Waals surface area (Å²) < 4.78 is 5.69. The minimum Gasteiger partial charge on any atom is -0.374 e. The van der Waals surface area contributed by atoms with Crippen LogP contribution in [0.1, 0.15) is 17.4 Å². The zero-order valence-corrected chi connectivity index (χ0v) is 12.1. The van der Waals surface area contributed by atoms with Crippen molar-refractivity contribution in [2.24, 2.45) is 0 Å². The molecule has 20 heavy (non-hydrogen) atoms. The number of amides is 1. The molecule has 0 spiro atoms. The Bertz CT molecular complexity index is 447. The van der Waals surface area contributed by atoms with E-state index in [1.165, 1.54) is 0 Å². The fourth-order valence-electron chi connectivity index (χ4n) is 2.18. The van der Waals surface area contributed by atoms with E-state index in [0.29, 0.717) is 12.2 Å². The number of carbonyl (C=O) groups excluding carboxylic acids is 1. The summed E-state index contributed by atoms with van der Waals surface area (Å²) in [7, 11) is 1.99. The third-order valence-corrected chi connectivity index (χ3v) is 3.24. The maximum Gasteiger partial charge on any atom is 0.269 e. The number of ether oxygens (including phenoxy) is 1. The zero-order valence-electron chi connectivity index (χ0n) is 12.1. The van der Waals surface area contributed by atoms with Gasteiger partial charge in [-0.05, 0) is 19.1 Å². The van der Waals surface area contributed by atoms with Crippen molar-refractivity contribution >= 4 is 11.6 Å². The average molecular weight is 278 g/mol. The Morgan fingerprint density at radius 2 is 2.50 bits per heavy atom. The summed E-state index contributed by atoms with van der Waals surface area (Å²) >= 11 is 0. The van der Waals surface area contributed by atoms with E-state index in [4.69, 9.17) is 4.74 Å². The fraction of sp³-hybridized carbons (Fsp3) is 0.571. The van der Waals surface area contributed by atoms with Gasteiger partial charge >= 0.3 is 0 Å². The molecule has 110 valence electrons. The summed E-state index contributed by atoms with van der Waals surface area (Å²) in [5.74, 6) is -0.140. The van der Waals surface area contributed by atoms with Crippen LogP contribution in [0.25, 0.3) is 0 Å². The van der Waals surface area contributed by atoms with Crippen molar-refractivity contribution in [2.75, 3.05) is 44.7 Å². The van der Waals surface area contributed by atoms with Gasteiger partial charge in [0, 0.05) is 45.1 Å². The van der Waals surface area contributed by atoms with Crippen LogP contribution in [-0.2, 0) is 4.74 Å². The van der Waals surface area contributed by atoms with Crippen LogP contribution < -0.4 is 15.5 Å². The lowest BCUT2D eigenvalue weighted by atomic mass is 10.2. The molecule has 0 bridgehead atoms. The monoisotopic (exact) mass is 278 g/mol. The van der Waals surface area contributed by atoms with Crippen molar-refractivity contribution in [3.8, 4) is 0 Å². The van der Waals surface area contributed by atoms with Gasteiger partial charge in [-0.1, -0.05) is 0 Å². The molecule has 1 aliphatic rings.